The number of halogens is 2. The highest BCUT2D eigenvalue weighted by atomic mass is 19.1. The quantitative estimate of drug-likeness (QED) is 0.419. The number of aromatic nitrogens is 1. The normalized spacial score (nSPS) is 18.7. The molecule has 37 heavy (non-hydrogen) atoms. The van der Waals surface area contributed by atoms with E-state index in [1.807, 2.05) is 6.07 Å². The molecule has 0 radical (unpaired) electrons. The first-order valence-corrected chi connectivity index (χ1v) is 12.2. The van der Waals surface area contributed by atoms with Crippen LogP contribution in [0.2, 0.25) is 0 Å². The highest BCUT2D eigenvalue weighted by molar-refractivity contribution is 6.04. The van der Waals surface area contributed by atoms with E-state index < -0.39 is 17.6 Å². The fraction of sp³-hybridized carbons (Fsp3) is 0.357. The minimum Gasteiger partial charge on any atom is -0.481 e. The van der Waals surface area contributed by atoms with Gasteiger partial charge in [-0.25, -0.2) is 18.6 Å². The Kier molecular flexibility index (Phi) is 8.81. The zero-order valence-electron chi connectivity index (χ0n) is 20.9. The van der Waals surface area contributed by atoms with Crippen molar-refractivity contribution in [3.63, 3.8) is 0 Å². The van der Waals surface area contributed by atoms with Crippen molar-refractivity contribution < 1.29 is 27.8 Å². The lowest BCUT2D eigenvalue weighted by molar-refractivity contribution is -0.0156. The Hall–Kier alpha value is -3.40. The zero-order chi connectivity index (χ0) is 26.4. The van der Waals surface area contributed by atoms with Gasteiger partial charge in [0.15, 0.2) is 0 Å². The molecular formula is C28H31F2N3O4. The smallest absolute Gasteiger partial charge is 0.338 e. The van der Waals surface area contributed by atoms with Crippen LogP contribution in [0.25, 0.3) is 17.0 Å². The third-order valence-corrected chi connectivity index (χ3v) is 6.55. The van der Waals surface area contributed by atoms with Gasteiger partial charge in [0.05, 0.1) is 38.0 Å². The largest absolute Gasteiger partial charge is 0.481 e. The monoisotopic (exact) mass is 511 g/mol. The second-order valence-corrected chi connectivity index (χ2v) is 9.00. The van der Waals surface area contributed by atoms with E-state index in [0.717, 1.165) is 30.5 Å². The third kappa shape index (κ3) is 6.49. The van der Waals surface area contributed by atoms with Gasteiger partial charge in [-0.1, -0.05) is 18.2 Å². The molecule has 9 heteroatoms. The van der Waals surface area contributed by atoms with Crippen molar-refractivity contribution in [3.05, 3.63) is 76.9 Å². The minimum atomic E-state index is -0.473. The first-order chi connectivity index (χ1) is 17.9. The van der Waals surface area contributed by atoms with Crippen LogP contribution in [0.15, 0.2) is 48.5 Å². The molecule has 0 amide bonds. The fourth-order valence-corrected chi connectivity index (χ4v) is 4.54. The number of pyridine rings is 1. The number of nitrogens with one attached hydrogen (secondary N) is 1. The molecule has 3 aromatic rings. The van der Waals surface area contributed by atoms with Gasteiger partial charge < -0.3 is 25.3 Å². The molecule has 3 atom stereocenters. The van der Waals surface area contributed by atoms with Crippen LogP contribution in [0.5, 0.6) is 5.88 Å². The van der Waals surface area contributed by atoms with Crippen molar-refractivity contribution in [1.82, 2.24) is 10.3 Å². The molecule has 196 valence electrons. The van der Waals surface area contributed by atoms with Gasteiger partial charge >= 0.3 is 5.97 Å². The second kappa shape index (κ2) is 12.2. The van der Waals surface area contributed by atoms with E-state index >= 15 is 0 Å². The van der Waals surface area contributed by atoms with Gasteiger partial charge in [-0.3, -0.25) is 0 Å². The summed E-state index contributed by atoms with van der Waals surface area (Å²) in [5.41, 5.74) is 8.74. The van der Waals surface area contributed by atoms with E-state index in [1.54, 1.807) is 37.5 Å². The summed E-state index contributed by atoms with van der Waals surface area (Å²) in [7, 11) is 2.89. The number of hydrogen-bond donors (Lipinski definition) is 2. The van der Waals surface area contributed by atoms with Gasteiger partial charge in [0.1, 0.15) is 11.6 Å². The van der Waals surface area contributed by atoms with E-state index in [2.05, 4.69) is 10.3 Å². The maximum Gasteiger partial charge on any atom is 0.338 e. The molecule has 1 aliphatic heterocycles. The van der Waals surface area contributed by atoms with Gasteiger partial charge in [-0.05, 0) is 55.2 Å². The van der Waals surface area contributed by atoms with E-state index in [9.17, 15) is 13.6 Å². The average molecular weight is 512 g/mol. The Morgan fingerprint density at radius 3 is 2.78 bits per heavy atom. The maximum atomic E-state index is 13.7. The summed E-state index contributed by atoms with van der Waals surface area (Å²) in [6, 6.07) is 10.3. The van der Waals surface area contributed by atoms with Crippen LogP contribution in [0, 0.1) is 11.6 Å². The number of methoxy groups -OCH3 is 2. The number of carbonyl (C=O) groups is 1. The van der Waals surface area contributed by atoms with Gasteiger partial charge in [0, 0.05) is 35.6 Å². The summed E-state index contributed by atoms with van der Waals surface area (Å²) in [6.07, 6.45) is 5.36. The van der Waals surface area contributed by atoms with Crippen LogP contribution in [-0.4, -0.2) is 56.5 Å². The number of rotatable bonds is 9. The molecule has 2 aromatic carbocycles. The molecule has 7 nitrogen and oxygen atoms in total. The predicted molar refractivity (Wildman–Crippen MR) is 137 cm³/mol. The molecule has 0 spiro atoms. The topological polar surface area (TPSA) is 95.7 Å². The SMILES string of the molecule is COC(=O)c1ccc(CC(N)C2CCC(NCC=Cc3cc(F)ccc3F)CO2)c2nc(OC)ccc12. The van der Waals surface area contributed by atoms with Crippen LogP contribution >= 0.6 is 0 Å². The molecule has 1 fully saturated rings. The van der Waals surface area contributed by atoms with Gasteiger partial charge in [0.25, 0.3) is 0 Å². The van der Waals surface area contributed by atoms with E-state index in [4.69, 9.17) is 19.9 Å². The van der Waals surface area contributed by atoms with Crippen LogP contribution < -0.4 is 15.8 Å². The number of esters is 1. The maximum absolute atomic E-state index is 13.7. The fourth-order valence-electron chi connectivity index (χ4n) is 4.54. The van der Waals surface area contributed by atoms with E-state index in [1.165, 1.54) is 13.2 Å². The van der Waals surface area contributed by atoms with Crippen molar-refractivity contribution in [1.29, 1.82) is 0 Å². The van der Waals surface area contributed by atoms with Crippen molar-refractivity contribution >= 4 is 22.9 Å². The van der Waals surface area contributed by atoms with Crippen molar-refractivity contribution in [2.24, 2.45) is 5.73 Å². The molecule has 0 bridgehead atoms. The Morgan fingerprint density at radius 2 is 2.05 bits per heavy atom. The Morgan fingerprint density at radius 1 is 1.22 bits per heavy atom. The summed E-state index contributed by atoms with van der Waals surface area (Å²) in [6.45, 7) is 1.00. The number of hydrogen-bond acceptors (Lipinski definition) is 7. The second-order valence-electron chi connectivity index (χ2n) is 9.00. The number of nitrogens with zero attached hydrogens (tertiary/aromatic N) is 1. The first kappa shape index (κ1) is 26.7. The third-order valence-electron chi connectivity index (χ3n) is 6.55. The molecule has 0 saturated carbocycles. The lowest BCUT2D eigenvalue weighted by Crippen LogP contribution is -2.47. The molecule has 1 aromatic heterocycles. The van der Waals surface area contributed by atoms with Gasteiger partial charge in [0.2, 0.25) is 5.88 Å². The van der Waals surface area contributed by atoms with Gasteiger partial charge in [-0.2, -0.15) is 0 Å². The highest BCUT2D eigenvalue weighted by Gasteiger charge is 2.27. The lowest BCUT2D eigenvalue weighted by Gasteiger charge is -2.33. The molecular weight excluding hydrogens is 480 g/mol. The van der Waals surface area contributed by atoms with Crippen LogP contribution in [0.4, 0.5) is 8.78 Å². The number of nitrogens with two attached hydrogens (primary N) is 1. The molecule has 3 N–H and O–H groups in total. The Labute approximate surface area is 214 Å². The molecule has 1 aliphatic rings. The summed E-state index contributed by atoms with van der Waals surface area (Å²) >= 11 is 0. The van der Waals surface area contributed by atoms with Crippen LogP contribution in [0.3, 0.4) is 0 Å². The number of carbonyl (C=O) groups excluding carboxylic acids is 1. The summed E-state index contributed by atoms with van der Waals surface area (Å²) < 4.78 is 43.3. The summed E-state index contributed by atoms with van der Waals surface area (Å²) in [5, 5.41) is 4.04. The lowest BCUT2D eigenvalue weighted by atomic mass is 9.93. The molecule has 0 aliphatic carbocycles. The first-order valence-electron chi connectivity index (χ1n) is 12.2. The van der Waals surface area contributed by atoms with Gasteiger partial charge in [-0.15, -0.1) is 0 Å². The molecule has 4 rings (SSSR count). The molecule has 2 heterocycles. The molecule has 3 unspecified atom stereocenters. The molecule has 1 saturated heterocycles. The van der Waals surface area contributed by atoms with E-state index in [0.29, 0.717) is 41.9 Å². The highest BCUT2D eigenvalue weighted by Crippen LogP contribution is 2.27. The minimum absolute atomic E-state index is 0.129. The van der Waals surface area contributed by atoms with Crippen molar-refractivity contribution in [2.75, 3.05) is 27.4 Å². The zero-order valence-corrected chi connectivity index (χ0v) is 20.9. The standard InChI is InChI=1S/C28H31F2N3O4/c1-35-26-12-9-21-22(28(34)36-2)8-5-18(27(21)33-26)15-24(31)25-11-7-20(16-37-25)32-13-3-4-17-14-19(29)6-10-23(17)30/h3-6,8-10,12,14,20,24-25,32H,7,11,13,15-16,31H2,1-2H3. The number of ether oxygens (including phenoxy) is 3. The predicted octanol–water partition coefficient (Wildman–Crippen LogP) is 4.03. The Balaban J connectivity index is 1.34. The number of benzene rings is 2. The van der Waals surface area contributed by atoms with Crippen LogP contribution in [-0.2, 0) is 15.9 Å². The Bertz CT molecular complexity index is 1280. The summed E-state index contributed by atoms with van der Waals surface area (Å²) in [5.74, 6) is -0.921. The van der Waals surface area contributed by atoms with Crippen molar-refractivity contribution in [2.45, 2.75) is 37.5 Å². The van der Waals surface area contributed by atoms with Crippen molar-refractivity contribution in [3.8, 4) is 5.88 Å². The average Bonchev–Trinajstić information content (AvgIpc) is 2.92. The van der Waals surface area contributed by atoms with E-state index in [-0.39, 0.29) is 23.8 Å². The van der Waals surface area contributed by atoms with Crippen LogP contribution in [0.1, 0.15) is 34.3 Å². The summed E-state index contributed by atoms with van der Waals surface area (Å²) in [4.78, 5) is 16.8. The number of fused-ring (bicyclic) bond motifs is 1.